The Bertz CT molecular complexity index is 844. The molecule has 4 atom stereocenters. The molecule has 1 aromatic carbocycles. The van der Waals surface area contributed by atoms with Crippen molar-refractivity contribution in [1.29, 1.82) is 0 Å². The van der Waals surface area contributed by atoms with Crippen molar-refractivity contribution in [2.24, 2.45) is 34.7 Å². The largest absolute Gasteiger partial charge is 0.390 e. The van der Waals surface area contributed by atoms with E-state index in [-0.39, 0.29) is 12.3 Å². The smallest absolute Gasteiger partial charge is 0.322 e. The maximum atomic E-state index is 13.9. The number of hydroxylamine groups is 1. The van der Waals surface area contributed by atoms with E-state index < -0.39 is 53.5 Å². The first-order chi connectivity index (χ1) is 15.3. The second kappa shape index (κ2) is 11.9. The Morgan fingerprint density at radius 1 is 1.09 bits per heavy atom. The van der Waals surface area contributed by atoms with Gasteiger partial charge >= 0.3 is 6.18 Å². The summed E-state index contributed by atoms with van der Waals surface area (Å²) in [6, 6.07) is 6.73. The van der Waals surface area contributed by atoms with E-state index in [0.717, 1.165) is 6.08 Å². The average Bonchev–Trinajstić information content (AvgIpc) is 2.74. The van der Waals surface area contributed by atoms with E-state index in [2.05, 4.69) is 0 Å². The van der Waals surface area contributed by atoms with Crippen molar-refractivity contribution in [2.75, 3.05) is 0 Å². The molecule has 0 aliphatic carbocycles. The molecule has 0 heterocycles. The molecule has 1 aromatic rings. The fourth-order valence-corrected chi connectivity index (χ4v) is 4.01. The van der Waals surface area contributed by atoms with Crippen LogP contribution in [0.1, 0.15) is 39.2 Å². The van der Waals surface area contributed by atoms with E-state index in [4.69, 9.17) is 11.6 Å². The first kappa shape index (κ1) is 28.3. The summed E-state index contributed by atoms with van der Waals surface area (Å²) in [5, 5.41) is 9.40. The Morgan fingerprint density at radius 2 is 1.67 bits per heavy atom. The number of allylic oxidation sites excluding steroid dienone is 1. The van der Waals surface area contributed by atoms with Crippen molar-refractivity contribution < 1.29 is 32.8 Å². The molecule has 0 aromatic heterocycles. The molecule has 0 aliphatic rings. The zero-order valence-corrected chi connectivity index (χ0v) is 18.7. The molecule has 1 unspecified atom stereocenters. The zero-order chi connectivity index (χ0) is 25.4. The summed E-state index contributed by atoms with van der Waals surface area (Å²) in [6.45, 7) is 4.56. The molecule has 33 heavy (non-hydrogen) atoms. The third kappa shape index (κ3) is 7.65. The van der Waals surface area contributed by atoms with E-state index in [0.29, 0.717) is 5.56 Å². The fraction of sp³-hybridized carbons (Fsp3) is 0.500. The highest BCUT2D eigenvalue weighted by atomic mass is 19.4. The van der Waals surface area contributed by atoms with Crippen LogP contribution >= 0.6 is 0 Å². The predicted octanol–water partition coefficient (Wildman–Crippen LogP) is 2.33. The number of hydrogen-bond acceptors (Lipinski definition) is 6. The quantitative estimate of drug-likeness (QED) is 0.145. The molecule has 0 saturated carbocycles. The molecule has 0 aliphatic heterocycles. The first-order valence-corrected chi connectivity index (χ1v) is 10.3. The normalized spacial score (nSPS) is 16.7. The lowest BCUT2D eigenvalue weighted by Crippen LogP contribution is -2.57. The van der Waals surface area contributed by atoms with Crippen molar-refractivity contribution in [3.63, 3.8) is 0 Å². The monoisotopic (exact) mass is 472 g/mol. The highest BCUT2D eigenvalue weighted by molar-refractivity contribution is 5.99. The molecule has 0 radical (unpaired) electrons. The second-order valence-corrected chi connectivity index (χ2v) is 8.43. The van der Waals surface area contributed by atoms with E-state index in [1.54, 1.807) is 44.2 Å². The number of ketones is 1. The summed E-state index contributed by atoms with van der Waals surface area (Å²) < 4.78 is 41.7. The van der Waals surface area contributed by atoms with E-state index in [9.17, 15) is 32.8 Å². The van der Waals surface area contributed by atoms with Crippen LogP contribution in [0.25, 0.3) is 6.08 Å². The Hall–Kier alpha value is -2.76. The highest BCUT2D eigenvalue weighted by Crippen LogP contribution is 2.47. The number of amides is 2. The summed E-state index contributed by atoms with van der Waals surface area (Å²) in [7, 11) is 0. The minimum absolute atomic E-state index is 0.0911. The number of benzene rings is 1. The van der Waals surface area contributed by atoms with Gasteiger partial charge in [0.05, 0.1) is 29.7 Å². The summed E-state index contributed by atoms with van der Waals surface area (Å²) in [5.41, 5.74) is 6.76. The van der Waals surface area contributed by atoms with Gasteiger partial charge < -0.3 is 5.73 Å². The Labute approximate surface area is 190 Å². The van der Waals surface area contributed by atoms with Crippen LogP contribution in [0, 0.1) is 23.2 Å². The lowest BCUT2D eigenvalue weighted by molar-refractivity contribution is -0.176. The molecule has 11 heteroatoms. The Balaban J connectivity index is 3.96. The molecule has 184 valence electrons. The third-order valence-electron chi connectivity index (χ3n) is 5.29. The van der Waals surface area contributed by atoms with E-state index in [1.165, 1.54) is 18.5 Å². The number of alkyl halides is 3. The van der Waals surface area contributed by atoms with Crippen molar-refractivity contribution in [3.8, 4) is 0 Å². The number of carbonyl (C=O) groups is 3. The number of halogens is 3. The van der Waals surface area contributed by atoms with Gasteiger partial charge in [0.15, 0.2) is 5.78 Å². The molecule has 0 saturated heterocycles. The minimum atomic E-state index is -4.93. The predicted molar refractivity (Wildman–Crippen MR) is 116 cm³/mol. The lowest BCUT2D eigenvalue weighted by atomic mass is 9.61. The Kier molecular flexibility index (Phi) is 10.2. The van der Waals surface area contributed by atoms with Gasteiger partial charge in [0.25, 0.3) is 0 Å². The van der Waals surface area contributed by atoms with E-state index >= 15 is 0 Å². The highest BCUT2D eigenvalue weighted by Gasteiger charge is 2.57. The van der Waals surface area contributed by atoms with Crippen LogP contribution in [-0.4, -0.2) is 35.0 Å². The number of Topliss-reactive ketones (excluding diaryl/α,β-unsaturated/α-hetero) is 1. The van der Waals surface area contributed by atoms with Gasteiger partial charge in [0, 0.05) is 0 Å². The molecule has 8 nitrogen and oxygen atoms in total. The average molecular weight is 473 g/mol. The van der Waals surface area contributed by atoms with Crippen LogP contribution in [0.4, 0.5) is 13.2 Å². The van der Waals surface area contributed by atoms with Gasteiger partial charge in [0.1, 0.15) is 0 Å². The van der Waals surface area contributed by atoms with Crippen LogP contribution in [0.2, 0.25) is 0 Å². The maximum Gasteiger partial charge on any atom is 0.390 e. The van der Waals surface area contributed by atoms with Gasteiger partial charge in [-0.2, -0.15) is 13.2 Å². The topological polar surface area (TPSA) is 148 Å². The van der Waals surface area contributed by atoms with Gasteiger partial charge in [-0.05, 0) is 24.8 Å². The first-order valence-electron chi connectivity index (χ1n) is 10.3. The SMILES string of the molecule is CC(C)C[C@@H](C(=O)NN)[C@H](C(=O)NO)C(/C=C/c1ccccc1)(CC(F)(F)F)C(=O)[C@@H](C)N. The molecule has 2 amide bonds. The number of nitrogens with two attached hydrogens (primary N) is 2. The minimum Gasteiger partial charge on any atom is -0.322 e. The number of rotatable bonds is 11. The summed E-state index contributed by atoms with van der Waals surface area (Å²) in [4.78, 5) is 38.8. The molecule has 0 fully saturated rings. The van der Waals surface area contributed by atoms with Crippen molar-refractivity contribution in [2.45, 2.75) is 45.8 Å². The number of carbonyl (C=O) groups excluding carboxylic acids is 3. The second-order valence-electron chi connectivity index (χ2n) is 8.43. The fourth-order valence-electron chi connectivity index (χ4n) is 4.01. The molecule has 0 spiro atoms. The van der Waals surface area contributed by atoms with Crippen LogP contribution < -0.4 is 22.5 Å². The molecule has 1 rings (SSSR count). The zero-order valence-electron chi connectivity index (χ0n) is 18.7. The summed E-state index contributed by atoms with van der Waals surface area (Å²) in [6.07, 6.45) is -4.59. The number of hydrogen-bond donors (Lipinski definition) is 5. The van der Waals surface area contributed by atoms with Gasteiger partial charge in [-0.3, -0.25) is 25.0 Å². The van der Waals surface area contributed by atoms with Crippen molar-refractivity contribution in [1.82, 2.24) is 10.9 Å². The van der Waals surface area contributed by atoms with Crippen molar-refractivity contribution in [3.05, 3.63) is 42.0 Å². The van der Waals surface area contributed by atoms with Crippen LogP contribution in [0.3, 0.4) is 0 Å². The van der Waals surface area contributed by atoms with Crippen LogP contribution in [0.15, 0.2) is 36.4 Å². The third-order valence-corrected chi connectivity index (χ3v) is 5.29. The van der Waals surface area contributed by atoms with E-state index in [1.807, 2.05) is 5.43 Å². The molecular formula is C22H31F3N4O4. The van der Waals surface area contributed by atoms with Gasteiger partial charge in [-0.15, -0.1) is 0 Å². The van der Waals surface area contributed by atoms with Crippen LogP contribution in [-0.2, 0) is 14.4 Å². The molecular weight excluding hydrogens is 441 g/mol. The van der Waals surface area contributed by atoms with Gasteiger partial charge in [0.2, 0.25) is 11.8 Å². The number of hydrazine groups is 1. The summed E-state index contributed by atoms with van der Waals surface area (Å²) >= 11 is 0. The van der Waals surface area contributed by atoms with Crippen LogP contribution in [0.5, 0.6) is 0 Å². The van der Waals surface area contributed by atoms with Gasteiger partial charge in [-0.1, -0.05) is 56.3 Å². The maximum absolute atomic E-state index is 13.9. The summed E-state index contributed by atoms with van der Waals surface area (Å²) in [5.74, 6) is -1.85. The molecule has 0 bridgehead atoms. The lowest BCUT2D eigenvalue weighted by Gasteiger charge is -2.41. The van der Waals surface area contributed by atoms with Crippen molar-refractivity contribution >= 4 is 23.7 Å². The van der Waals surface area contributed by atoms with Gasteiger partial charge in [-0.25, -0.2) is 11.3 Å². The number of nitrogens with one attached hydrogen (secondary N) is 2. The standard InChI is InChI=1S/C22H31F3N4O4/c1-13(2)11-16(19(31)28-27)17(20(32)29-33)21(12-22(23,24)25,18(30)14(3)26)10-9-15-7-5-4-6-8-15/h4-10,13-14,16-17,33H,11-12,26-27H2,1-3H3,(H,28,31)(H,29,32)/b10-9+/t14-,16-,17-,21?/m1/s1. The Morgan fingerprint density at radius 3 is 2.09 bits per heavy atom. The molecule has 7 N–H and O–H groups in total.